The number of aromatic nitrogens is 1. The number of methoxy groups -OCH3 is 1. The highest BCUT2D eigenvalue weighted by Gasteiger charge is 2.69. The summed E-state index contributed by atoms with van der Waals surface area (Å²) in [6, 6.07) is 1.96. The molecule has 0 radical (unpaired) electrons. The van der Waals surface area contributed by atoms with Gasteiger partial charge in [0.2, 0.25) is 0 Å². The smallest absolute Gasteiger partial charge is 0.333 e. The fourth-order valence-corrected chi connectivity index (χ4v) is 7.30. The first-order valence-electron chi connectivity index (χ1n) is 15.1. The zero-order valence-electron chi connectivity index (χ0n) is 25.3. The molecule has 2 aliphatic carbocycles. The summed E-state index contributed by atoms with van der Waals surface area (Å²) in [6.07, 6.45) is -1.07. The van der Waals surface area contributed by atoms with Crippen molar-refractivity contribution >= 4 is 23.3 Å². The lowest BCUT2D eigenvalue weighted by Crippen LogP contribution is -2.78. The molecule has 242 valence electrons. The van der Waals surface area contributed by atoms with E-state index in [2.05, 4.69) is 6.58 Å². The Balaban J connectivity index is 1.54. The van der Waals surface area contributed by atoms with Crippen LogP contribution in [0.4, 0.5) is 0 Å². The second-order valence-corrected chi connectivity index (χ2v) is 12.3. The fourth-order valence-electron chi connectivity index (χ4n) is 7.30. The molecule has 0 amide bonds. The van der Waals surface area contributed by atoms with Crippen molar-refractivity contribution in [2.24, 2.45) is 11.8 Å². The Hall–Kier alpha value is -3.00. The third-order valence-electron chi connectivity index (χ3n) is 9.54. The van der Waals surface area contributed by atoms with Crippen LogP contribution in [0.2, 0.25) is 0 Å². The van der Waals surface area contributed by atoms with E-state index in [-0.39, 0.29) is 37.4 Å². The van der Waals surface area contributed by atoms with Crippen molar-refractivity contribution in [3.05, 3.63) is 46.6 Å². The Morgan fingerprint density at radius 3 is 2.66 bits per heavy atom. The van der Waals surface area contributed by atoms with Crippen LogP contribution in [-0.2, 0) is 28.5 Å². The van der Waals surface area contributed by atoms with Gasteiger partial charge in [0, 0.05) is 30.4 Å². The van der Waals surface area contributed by atoms with Crippen LogP contribution >= 0.6 is 0 Å². The number of aliphatic carboxylic acids is 1. The number of aliphatic hydroxyl groups is 4. The van der Waals surface area contributed by atoms with Gasteiger partial charge in [0.25, 0.3) is 0 Å². The van der Waals surface area contributed by atoms with E-state index in [1.54, 1.807) is 6.08 Å². The van der Waals surface area contributed by atoms with Crippen LogP contribution in [0.5, 0.6) is 0 Å². The highest BCUT2D eigenvalue weighted by Crippen LogP contribution is 2.53. The number of esters is 1. The van der Waals surface area contributed by atoms with E-state index in [9.17, 15) is 35.1 Å². The fraction of sp³-hybridized carbons (Fsp3) is 0.625. The minimum absolute atomic E-state index is 0.0400. The summed E-state index contributed by atoms with van der Waals surface area (Å²) in [6.45, 7) is 7.23. The standard InChI is InChI=1S/C32H42NO11/c1-5-17-19(14-26(36)37)18(28(38)41-4)8-9-23(17)42-30-31(40)11-10-21-20-13-22(16(2)3)33-27(20)24(7-6-12-34)44-32(21,29(31)39)25(15-35)43-30/h5,8,13,16-17,19,23,25,29-30,34-35,39-40H,1,6-7,9-12,14-15H2,2-4H3,(H,36,37)/q-1/t17-,19+,23-,25-,29-,30-,31-,32-/m1/s1. The van der Waals surface area contributed by atoms with Crippen molar-refractivity contribution in [2.75, 3.05) is 20.3 Å². The van der Waals surface area contributed by atoms with Crippen molar-refractivity contribution in [3.8, 4) is 0 Å². The maximum absolute atomic E-state index is 12.5. The summed E-state index contributed by atoms with van der Waals surface area (Å²) < 4.78 is 24.1. The number of ether oxygens (including phenoxy) is 4. The Morgan fingerprint density at radius 1 is 1.30 bits per heavy atom. The van der Waals surface area contributed by atoms with Crippen molar-refractivity contribution in [1.29, 1.82) is 0 Å². The van der Waals surface area contributed by atoms with Gasteiger partial charge in [-0.05, 0) is 42.4 Å². The third-order valence-corrected chi connectivity index (χ3v) is 9.54. The van der Waals surface area contributed by atoms with Crippen molar-refractivity contribution < 1.29 is 54.1 Å². The quantitative estimate of drug-likeness (QED) is 0.165. The van der Waals surface area contributed by atoms with E-state index in [0.717, 1.165) is 10.9 Å². The summed E-state index contributed by atoms with van der Waals surface area (Å²) in [5.74, 6) is -2.70. The lowest BCUT2D eigenvalue weighted by atomic mass is 9.63. The van der Waals surface area contributed by atoms with Gasteiger partial charge in [-0.25, -0.2) is 4.79 Å². The van der Waals surface area contributed by atoms with Crippen LogP contribution in [0.25, 0.3) is 11.3 Å². The number of aliphatic hydroxyl groups excluding tert-OH is 3. The van der Waals surface area contributed by atoms with Crippen LogP contribution < -0.4 is 15.6 Å². The minimum atomic E-state index is -1.98. The average molecular weight is 617 g/mol. The molecule has 8 atom stereocenters. The molecule has 1 aromatic rings. The largest absolute Gasteiger partial charge is 0.658 e. The van der Waals surface area contributed by atoms with E-state index in [4.69, 9.17) is 23.9 Å². The predicted molar refractivity (Wildman–Crippen MR) is 155 cm³/mol. The molecule has 1 saturated carbocycles. The van der Waals surface area contributed by atoms with Gasteiger partial charge in [0.1, 0.15) is 17.8 Å². The number of hydrogen-bond donors (Lipinski definition) is 5. The molecule has 1 saturated heterocycles. The summed E-state index contributed by atoms with van der Waals surface area (Å²) >= 11 is 0. The predicted octanol–water partition coefficient (Wildman–Crippen LogP) is -0.0480. The number of carboxylic acid groups (broad SMARTS) is 1. The molecule has 0 aromatic carbocycles. The third kappa shape index (κ3) is 5.11. The van der Waals surface area contributed by atoms with E-state index < -0.39 is 66.2 Å². The molecule has 5 N–H and O–H groups in total. The molecule has 0 unspecified atom stereocenters. The number of fused-ring (bicyclic) bond motifs is 2. The van der Waals surface area contributed by atoms with Crippen molar-refractivity contribution in [1.82, 2.24) is 4.98 Å². The van der Waals surface area contributed by atoms with Gasteiger partial charge in [0.05, 0.1) is 32.0 Å². The minimum Gasteiger partial charge on any atom is -0.658 e. The maximum Gasteiger partial charge on any atom is 0.333 e. The topological polar surface area (TPSA) is 186 Å². The summed E-state index contributed by atoms with van der Waals surface area (Å²) in [5, 5.41) is 55.4. The molecule has 2 bridgehead atoms. The average Bonchev–Trinajstić information content (AvgIpc) is 3.45. The van der Waals surface area contributed by atoms with Crippen LogP contribution in [0, 0.1) is 11.8 Å². The molecular weight excluding hydrogens is 574 g/mol. The Kier molecular flexibility index (Phi) is 9.14. The zero-order valence-corrected chi connectivity index (χ0v) is 25.3. The SMILES string of the molecule is C=C[C@@H]1[C@H](CC(=O)O)C(C(=O)OC)=CC[C@H]1O[C@@H]1O[C@H](CO)[C@]23OC(CCCO)=c4[n-]c(C(C)C)cc4=C2CC[C@@]1(O)[C@H]3O. The summed E-state index contributed by atoms with van der Waals surface area (Å²) in [4.78, 5) is 29.0. The van der Waals surface area contributed by atoms with Crippen LogP contribution in [0.3, 0.4) is 0 Å². The molecule has 3 heterocycles. The van der Waals surface area contributed by atoms with Gasteiger partial charge in [-0.2, -0.15) is 5.69 Å². The molecule has 1 aromatic heterocycles. The first-order chi connectivity index (χ1) is 21.0. The van der Waals surface area contributed by atoms with E-state index >= 15 is 0 Å². The van der Waals surface area contributed by atoms with Gasteiger partial charge in [-0.15, -0.1) is 6.58 Å². The number of carbonyl (C=O) groups excluding carboxylic acids is 1. The molecule has 4 aliphatic rings. The Bertz CT molecular complexity index is 1450. The van der Waals surface area contributed by atoms with Gasteiger partial charge in [0.15, 0.2) is 11.9 Å². The van der Waals surface area contributed by atoms with Crippen LogP contribution in [-0.4, -0.2) is 93.6 Å². The number of hydrogen-bond acceptors (Lipinski definition) is 10. The molecule has 2 aliphatic heterocycles. The number of rotatable bonds is 11. The second-order valence-electron chi connectivity index (χ2n) is 12.3. The van der Waals surface area contributed by atoms with Gasteiger partial charge >= 0.3 is 11.9 Å². The van der Waals surface area contributed by atoms with Crippen molar-refractivity contribution in [3.63, 3.8) is 0 Å². The summed E-state index contributed by atoms with van der Waals surface area (Å²) in [7, 11) is 1.22. The molecular formula is C32H42NO11-. The Labute approximate surface area is 255 Å². The monoisotopic (exact) mass is 616 g/mol. The molecule has 12 nitrogen and oxygen atoms in total. The lowest BCUT2D eigenvalue weighted by Gasteiger charge is -2.60. The van der Waals surface area contributed by atoms with Crippen LogP contribution in [0.15, 0.2) is 30.4 Å². The first-order valence-corrected chi connectivity index (χ1v) is 15.1. The Morgan fingerprint density at radius 2 is 2.05 bits per heavy atom. The highest BCUT2D eigenvalue weighted by molar-refractivity contribution is 5.90. The van der Waals surface area contributed by atoms with E-state index in [0.29, 0.717) is 35.9 Å². The van der Waals surface area contributed by atoms with Crippen molar-refractivity contribution in [2.45, 2.75) is 94.1 Å². The first kappa shape index (κ1) is 32.4. The summed E-state index contributed by atoms with van der Waals surface area (Å²) in [5.41, 5.74) is -1.91. The zero-order chi connectivity index (χ0) is 32.0. The van der Waals surface area contributed by atoms with Gasteiger partial charge in [-0.1, -0.05) is 37.4 Å². The molecule has 44 heavy (non-hydrogen) atoms. The maximum atomic E-state index is 12.5. The number of carbonyl (C=O) groups is 2. The molecule has 5 rings (SSSR count). The molecule has 1 spiro atoms. The second kappa shape index (κ2) is 12.4. The van der Waals surface area contributed by atoms with E-state index in [1.807, 2.05) is 19.9 Å². The number of carboxylic acids is 1. The molecule has 12 heteroatoms. The molecule has 2 fully saturated rings. The number of nitrogens with zero attached hydrogens (tertiary/aromatic N) is 1. The van der Waals surface area contributed by atoms with Gasteiger partial charge in [-0.3, -0.25) is 4.79 Å². The van der Waals surface area contributed by atoms with Gasteiger partial charge < -0.3 is 49.5 Å². The van der Waals surface area contributed by atoms with E-state index in [1.165, 1.54) is 13.2 Å². The van der Waals surface area contributed by atoms with Crippen LogP contribution in [0.1, 0.15) is 64.0 Å². The lowest BCUT2D eigenvalue weighted by molar-refractivity contribution is -0.372. The normalized spacial score (nSPS) is 34.5. The highest BCUT2D eigenvalue weighted by atomic mass is 16.7.